The van der Waals surface area contributed by atoms with Crippen LogP contribution in [0, 0.1) is 0 Å². The maximum absolute atomic E-state index is 11.6. The molecule has 0 spiro atoms. The second kappa shape index (κ2) is 8.11. The summed E-state index contributed by atoms with van der Waals surface area (Å²) in [7, 11) is 1.72. The number of ether oxygens (including phenoxy) is 1. The molecule has 0 aliphatic heterocycles. The van der Waals surface area contributed by atoms with Gasteiger partial charge in [0.05, 0.1) is 15.6 Å². The van der Waals surface area contributed by atoms with E-state index in [1.165, 1.54) is 11.3 Å². The molecule has 1 aromatic heterocycles. The molecule has 0 saturated carbocycles. The third kappa shape index (κ3) is 4.66. The van der Waals surface area contributed by atoms with Gasteiger partial charge in [-0.3, -0.25) is 4.79 Å². The van der Waals surface area contributed by atoms with E-state index in [-0.39, 0.29) is 5.78 Å². The van der Waals surface area contributed by atoms with Gasteiger partial charge in [0, 0.05) is 26.7 Å². The Morgan fingerprint density at radius 2 is 2.22 bits per heavy atom. The maximum Gasteiger partial charge on any atom is 0.174 e. The molecule has 0 aliphatic rings. The minimum Gasteiger partial charge on any atom is -0.397 e. The minimum atomic E-state index is 0.116. The zero-order chi connectivity index (χ0) is 13.4. The van der Waals surface area contributed by atoms with Crippen molar-refractivity contribution in [2.45, 2.75) is 32.6 Å². The number of Topliss-reactive ketones (excluding diaryl/α,β-unsaturated/α-hetero) is 1. The van der Waals surface area contributed by atoms with Crippen LogP contribution in [0.5, 0.6) is 0 Å². The molecule has 3 N–H and O–H groups in total. The van der Waals surface area contributed by atoms with Gasteiger partial charge in [0.1, 0.15) is 0 Å². The van der Waals surface area contributed by atoms with Crippen LogP contribution in [0.2, 0.25) is 0 Å². The molecule has 0 aromatic carbocycles. The molecule has 5 heteroatoms. The summed E-state index contributed by atoms with van der Waals surface area (Å²) in [6.45, 7) is 3.58. The molecule has 0 radical (unpaired) electrons. The topological polar surface area (TPSA) is 64.3 Å². The first kappa shape index (κ1) is 15.0. The van der Waals surface area contributed by atoms with E-state index in [4.69, 9.17) is 10.5 Å². The number of nitrogens with two attached hydrogens (primary N) is 1. The molecule has 0 aliphatic carbocycles. The number of rotatable bonds is 9. The molecule has 102 valence electrons. The number of nitrogen functional groups attached to an aromatic ring is 1. The number of unbranched alkanes of at least 4 members (excludes halogenated alkanes) is 2. The Labute approximate surface area is 113 Å². The summed E-state index contributed by atoms with van der Waals surface area (Å²) in [6.07, 6.45) is 3.83. The summed E-state index contributed by atoms with van der Waals surface area (Å²) < 4.78 is 4.99. The normalized spacial score (nSPS) is 10.6. The number of carbonyl (C=O) groups excluding carboxylic acids is 1. The number of hydrogen-bond donors (Lipinski definition) is 2. The van der Waals surface area contributed by atoms with Gasteiger partial charge in [-0.05, 0) is 25.3 Å². The van der Waals surface area contributed by atoms with Crippen LogP contribution < -0.4 is 11.1 Å². The molecular formula is C13H22N2O2S. The van der Waals surface area contributed by atoms with Gasteiger partial charge >= 0.3 is 0 Å². The Morgan fingerprint density at radius 3 is 2.89 bits per heavy atom. The van der Waals surface area contributed by atoms with Gasteiger partial charge in [-0.1, -0.05) is 6.92 Å². The molecule has 0 fully saturated rings. The van der Waals surface area contributed by atoms with Crippen LogP contribution in [0.15, 0.2) is 6.07 Å². The summed E-state index contributed by atoms with van der Waals surface area (Å²) in [5, 5.41) is 4.29. The van der Waals surface area contributed by atoms with Crippen molar-refractivity contribution in [3.63, 3.8) is 0 Å². The number of methoxy groups -OCH3 is 1. The highest BCUT2D eigenvalue weighted by Crippen LogP contribution is 2.30. The van der Waals surface area contributed by atoms with E-state index in [1.807, 2.05) is 13.0 Å². The monoisotopic (exact) mass is 270 g/mol. The van der Waals surface area contributed by atoms with Crippen LogP contribution in [-0.2, 0) is 4.74 Å². The number of hydrogen-bond acceptors (Lipinski definition) is 5. The molecule has 0 atom stereocenters. The zero-order valence-corrected chi connectivity index (χ0v) is 11.9. The van der Waals surface area contributed by atoms with Gasteiger partial charge in [0.2, 0.25) is 0 Å². The van der Waals surface area contributed by atoms with Crippen molar-refractivity contribution in [3.8, 4) is 0 Å². The molecule has 0 amide bonds. The SMILES string of the molecule is CCC(=O)c1sc(NCCCCCOC)cc1N. The predicted molar refractivity (Wildman–Crippen MR) is 77.6 cm³/mol. The van der Waals surface area contributed by atoms with E-state index in [0.29, 0.717) is 17.0 Å². The van der Waals surface area contributed by atoms with Gasteiger partial charge in [0.15, 0.2) is 5.78 Å². The quantitative estimate of drug-likeness (QED) is 0.534. The van der Waals surface area contributed by atoms with Gasteiger partial charge in [-0.2, -0.15) is 0 Å². The van der Waals surface area contributed by atoms with Crippen LogP contribution in [0.1, 0.15) is 42.3 Å². The fraction of sp³-hybridized carbons (Fsp3) is 0.615. The number of nitrogens with one attached hydrogen (secondary N) is 1. The average molecular weight is 270 g/mol. The van der Waals surface area contributed by atoms with Crippen molar-refractivity contribution >= 4 is 27.8 Å². The van der Waals surface area contributed by atoms with Gasteiger partial charge in [-0.25, -0.2) is 0 Å². The Morgan fingerprint density at radius 1 is 1.44 bits per heavy atom. The Balaban J connectivity index is 2.33. The molecule has 0 unspecified atom stereocenters. The van der Waals surface area contributed by atoms with E-state index in [1.54, 1.807) is 7.11 Å². The predicted octanol–water partition coefficient (Wildman–Crippen LogP) is 3.15. The van der Waals surface area contributed by atoms with Crippen molar-refractivity contribution in [3.05, 3.63) is 10.9 Å². The first-order valence-corrected chi connectivity index (χ1v) is 7.16. The fourth-order valence-corrected chi connectivity index (χ4v) is 2.65. The molecule has 1 rings (SSSR count). The van der Waals surface area contributed by atoms with E-state index in [9.17, 15) is 4.79 Å². The lowest BCUT2D eigenvalue weighted by atomic mass is 10.2. The lowest BCUT2D eigenvalue weighted by molar-refractivity contribution is 0.0993. The molecule has 1 heterocycles. The third-order valence-electron chi connectivity index (χ3n) is 2.66. The van der Waals surface area contributed by atoms with Crippen molar-refractivity contribution in [1.82, 2.24) is 0 Å². The van der Waals surface area contributed by atoms with Crippen molar-refractivity contribution in [1.29, 1.82) is 0 Å². The van der Waals surface area contributed by atoms with Gasteiger partial charge in [-0.15, -0.1) is 11.3 Å². The highest BCUT2D eigenvalue weighted by atomic mass is 32.1. The summed E-state index contributed by atoms with van der Waals surface area (Å²) in [5.74, 6) is 0.116. The van der Waals surface area contributed by atoms with Crippen LogP contribution >= 0.6 is 11.3 Å². The van der Waals surface area contributed by atoms with E-state index < -0.39 is 0 Å². The van der Waals surface area contributed by atoms with Crippen LogP contribution in [0.3, 0.4) is 0 Å². The Kier molecular flexibility index (Phi) is 6.75. The lowest BCUT2D eigenvalue weighted by Crippen LogP contribution is -2.00. The summed E-state index contributed by atoms with van der Waals surface area (Å²) in [6, 6.07) is 1.85. The minimum absolute atomic E-state index is 0.116. The molecule has 4 nitrogen and oxygen atoms in total. The first-order valence-electron chi connectivity index (χ1n) is 6.34. The molecule has 1 aromatic rings. The van der Waals surface area contributed by atoms with Crippen LogP contribution in [0.4, 0.5) is 10.7 Å². The fourth-order valence-electron chi connectivity index (χ4n) is 1.63. The smallest absolute Gasteiger partial charge is 0.174 e. The van der Waals surface area contributed by atoms with E-state index in [0.717, 1.165) is 37.4 Å². The molecule has 0 bridgehead atoms. The van der Waals surface area contributed by atoms with Crippen molar-refractivity contribution in [2.24, 2.45) is 0 Å². The highest BCUT2D eigenvalue weighted by Gasteiger charge is 2.12. The van der Waals surface area contributed by atoms with Gasteiger partial charge in [0.25, 0.3) is 0 Å². The Hall–Kier alpha value is -1.07. The first-order chi connectivity index (χ1) is 8.69. The van der Waals surface area contributed by atoms with Crippen molar-refractivity contribution in [2.75, 3.05) is 31.3 Å². The largest absolute Gasteiger partial charge is 0.397 e. The second-order valence-corrected chi connectivity index (χ2v) is 5.20. The standard InChI is InChI=1S/C13H22N2O2S/c1-3-11(16)13-10(14)9-12(18-13)15-7-5-4-6-8-17-2/h9,15H,3-8,14H2,1-2H3. The Bertz CT molecular complexity index is 377. The summed E-state index contributed by atoms with van der Waals surface area (Å²) in [4.78, 5) is 12.3. The third-order valence-corrected chi connectivity index (χ3v) is 3.81. The number of anilines is 2. The highest BCUT2D eigenvalue weighted by molar-refractivity contribution is 7.18. The van der Waals surface area contributed by atoms with E-state index >= 15 is 0 Å². The second-order valence-electron chi connectivity index (χ2n) is 4.15. The zero-order valence-electron chi connectivity index (χ0n) is 11.1. The summed E-state index contributed by atoms with van der Waals surface area (Å²) in [5.41, 5.74) is 6.41. The molecular weight excluding hydrogens is 248 g/mol. The number of carbonyl (C=O) groups is 1. The number of ketones is 1. The molecule has 0 saturated heterocycles. The average Bonchev–Trinajstić information content (AvgIpc) is 2.74. The van der Waals surface area contributed by atoms with E-state index in [2.05, 4.69) is 5.32 Å². The number of thiophene rings is 1. The molecule has 18 heavy (non-hydrogen) atoms. The maximum atomic E-state index is 11.6. The lowest BCUT2D eigenvalue weighted by Gasteiger charge is -2.02. The summed E-state index contributed by atoms with van der Waals surface area (Å²) >= 11 is 1.45. The van der Waals surface area contributed by atoms with Gasteiger partial charge < -0.3 is 15.8 Å². The van der Waals surface area contributed by atoms with Crippen molar-refractivity contribution < 1.29 is 9.53 Å². The van der Waals surface area contributed by atoms with Crippen LogP contribution in [-0.4, -0.2) is 26.0 Å². The van der Waals surface area contributed by atoms with Crippen LogP contribution in [0.25, 0.3) is 0 Å².